The van der Waals surface area contributed by atoms with Crippen molar-refractivity contribution < 1.29 is 14.6 Å². The molecular formula is C16H26N2O3. The normalized spacial score (nSPS) is 19.0. The summed E-state index contributed by atoms with van der Waals surface area (Å²) in [5, 5.41) is 10.5. The van der Waals surface area contributed by atoms with Gasteiger partial charge < -0.3 is 19.5 Å². The van der Waals surface area contributed by atoms with E-state index in [0.717, 1.165) is 43.9 Å². The lowest BCUT2D eigenvalue weighted by Crippen LogP contribution is -2.32. The molecule has 0 bridgehead atoms. The highest BCUT2D eigenvalue weighted by atomic mass is 16.5. The third kappa shape index (κ3) is 4.33. The summed E-state index contributed by atoms with van der Waals surface area (Å²) < 4.78 is 10.6. The molecule has 1 aromatic rings. The fraction of sp³-hybridized carbons (Fsp3) is 0.625. The van der Waals surface area contributed by atoms with Gasteiger partial charge in [0, 0.05) is 31.3 Å². The van der Waals surface area contributed by atoms with Gasteiger partial charge in [-0.3, -0.25) is 4.90 Å². The molecule has 0 aliphatic carbocycles. The van der Waals surface area contributed by atoms with Gasteiger partial charge in [0.15, 0.2) is 0 Å². The zero-order valence-corrected chi connectivity index (χ0v) is 13.2. The van der Waals surface area contributed by atoms with E-state index < -0.39 is 6.10 Å². The molecule has 0 spiro atoms. The second kappa shape index (κ2) is 7.64. The van der Waals surface area contributed by atoms with Crippen LogP contribution in [0.1, 0.15) is 18.1 Å². The summed E-state index contributed by atoms with van der Waals surface area (Å²) in [7, 11) is 5.39. The number of nitrogens with zero attached hydrogens (tertiary/aromatic N) is 2. The molecule has 1 aliphatic rings. The molecule has 0 radical (unpaired) electrons. The Morgan fingerprint density at radius 3 is 2.67 bits per heavy atom. The van der Waals surface area contributed by atoms with Crippen molar-refractivity contribution in [2.45, 2.75) is 12.5 Å². The molecule has 0 saturated carbocycles. The standard InChI is InChI=1S/C16H26N2O3/c1-17-7-4-8-18(10-9-17)12-15(19)14-6-5-13(20-2)11-16(14)21-3/h5-6,11,15,19H,4,7-10,12H2,1-3H3. The minimum Gasteiger partial charge on any atom is -0.497 e. The van der Waals surface area contributed by atoms with Crippen LogP contribution in [-0.4, -0.2) is 68.9 Å². The molecule has 1 heterocycles. The van der Waals surface area contributed by atoms with Crippen molar-refractivity contribution in [3.05, 3.63) is 23.8 Å². The number of aliphatic hydroxyl groups excluding tert-OH is 1. The Bertz CT molecular complexity index is 453. The van der Waals surface area contributed by atoms with Crippen molar-refractivity contribution >= 4 is 0 Å². The molecule has 1 saturated heterocycles. The highest BCUT2D eigenvalue weighted by Gasteiger charge is 2.19. The smallest absolute Gasteiger partial charge is 0.128 e. The molecular weight excluding hydrogens is 268 g/mol. The summed E-state index contributed by atoms with van der Waals surface area (Å²) in [5.41, 5.74) is 0.816. The van der Waals surface area contributed by atoms with Gasteiger partial charge in [-0.1, -0.05) is 0 Å². The van der Waals surface area contributed by atoms with Crippen molar-refractivity contribution in [2.75, 3.05) is 54.0 Å². The fourth-order valence-electron chi connectivity index (χ4n) is 2.72. The maximum atomic E-state index is 10.5. The van der Waals surface area contributed by atoms with E-state index in [2.05, 4.69) is 16.8 Å². The van der Waals surface area contributed by atoms with Gasteiger partial charge in [-0.25, -0.2) is 0 Å². The van der Waals surface area contributed by atoms with Gasteiger partial charge in [0.25, 0.3) is 0 Å². The van der Waals surface area contributed by atoms with Gasteiger partial charge in [-0.15, -0.1) is 0 Å². The number of hydrogen-bond acceptors (Lipinski definition) is 5. The summed E-state index contributed by atoms with van der Waals surface area (Å²) in [6.45, 7) is 4.83. The molecule has 5 nitrogen and oxygen atoms in total. The molecule has 1 unspecified atom stereocenters. The van der Waals surface area contributed by atoms with Crippen LogP contribution in [0.3, 0.4) is 0 Å². The van der Waals surface area contributed by atoms with E-state index in [4.69, 9.17) is 9.47 Å². The number of benzene rings is 1. The zero-order chi connectivity index (χ0) is 15.2. The Balaban J connectivity index is 2.03. The quantitative estimate of drug-likeness (QED) is 0.889. The first-order valence-corrected chi connectivity index (χ1v) is 7.45. The monoisotopic (exact) mass is 294 g/mol. The molecule has 2 rings (SSSR count). The molecule has 1 N–H and O–H groups in total. The molecule has 1 aliphatic heterocycles. The Morgan fingerprint density at radius 2 is 1.95 bits per heavy atom. The Hall–Kier alpha value is -1.30. The number of hydrogen-bond donors (Lipinski definition) is 1. The van der Waals surface area contributed by atoms with Gasteiger partial charge in [-0.2, -0.15) is 0 Å². The molecule has 118 valence electrons. The number of β-amino-alcohol motifs (C(OH)–C–C–N with tert-alkyl or cyclic N) is 1. The molecule has 0 amide bonds. The van der Waals surface area contributed by atoms with Crippen LogP contribution in [0.2, 0.25) is 0 Å². The highest BCUT2D eigenvalue weighted by molar-refractivity contribution is 5.42. The Kier molecular flexibility index (Phi) is 5.85. The summed E-state index contributed by atoms with van der Waals surface area (Å²) in [4.78, 5) is 4.65. The summed E-state index contributed by atoms with van der Waals surface area (Å²) in [6, 6.07) is 5.55. The van der Waals surface area contributed by atoms with Crippen molar-refractivity contribution in [3.63, 3.8) is 0 Å². The third-order valence-corrected chi connectivity index (χ3v) is 4.04. The number of likely N-dealkylation sites (N-methyl/N-ethyl adjacent to an activating group) is 1. The third-order valence-electron chi connectivity index (χ3n) is 4.04. The molecule has 1 aromatic carbocycles. The van der Waals surface area contributed by atoms with Crippen LogP contribution in [0.25, 0.3) is 0 Å². The SMILES string of the molecule is COc1ccc(C(O)CN2CCCN(C)CC2)c(OC)c1. The second-order valence-corrected chi connectivity index (χ2v) is 5.58. The Labute approximate surface area is 127 Å². The first-order chi connectivity index (χ1) is 10.1. The topological polar surface area (TPSA) is 45.2 Å². The molecule has 5 heteroatoms. The van der Waals surface area contributed by atoms with E-state index in [1.807, 2.05) is 18.2 Å². The predicted octanol–water partition coefficient (Wildman–Crippen LogP) is 1.37. The first-order valence-electron chi connectivity index (χ1n) is 7.45. The van der Waals surface area contributed by atoms with Crippen molar-refractivity contribution in [1.82, 2.24) is 9.80 Å². The van der Waals surface area contributed by atoms with Gasteiger partial charge in [0.1, 0.15) is 11.5 Å². The largest absolute Gasteiger partial charge is 0.497 e. The second-order valence-electron chi connectivity index (χ2n) is 5.58. The summed E-state index contributed by atoms with van der Waals surface area (Å²) in [6.07, 6.45) is 0.595. The maximum Gasteiger partial charge on any atom is 0.128 e. The van der Waals surface area contributed by atoms with Crippen LogP contribution >= 0.6 is 0 Å². The lowest BCUT2D eigenvalue weighted by Gasteiger charge is -2.24. The van der Waals surface area contributed by atoms with Gasteiger partial charge in [-0.05, 0) is 38.7 Å². The average Bonchev–Trinajstić information content (AvgIpc) is 2.71. The van der Waals surface area contributed by atoms with Crippen LogP contribution in [-0.2, 0) is 0 Å². The number of methoxy groups -OCH3 is 2. The summed E-state index contributed by atoms with van der Waals surface area (Å²) in [5.74, 6) is 1.41. The van der Waals surface area contributed by atoms with Gasteiger partial charge >= 0.3 is 0 Å². The van der Waals surface area contributed by atoms with E-state index in [0.29, 0.717) is 12.3 Å². The Morgan fingerprint density at radius 1 is 1.14 bits per heavy atom. The lowest BCUT2D eigenvalue weighted by molar-refractivity contribution is 0.113. The zero-order valence-electron chi connectivity index (χ0n) is 13.2. The fourth-order valence-corrected chi connectivity index (χ4v) is 2.72. The molecule has 1 fully saturated rings. The van der Waals surface area contributed by atoms with E-state index in [1.165, 1.54) is 0 Å². The number of rotatable bonds is 5. The maximum absolute atomic E-state index is 10.5. The van der Waals surface area contributed by atoms with Crippen LogP contribution in [0.4, 0.5) is 0 Å². The molecule has 21 heavy (non-hydrogen) atoms. The number of aliphatic hydroxyl groups is 1. The van der Waals surface area contributed by atoms with E-state index in [1.54, 1.807) is 14.2 Å². The predicted molar refractivity (Wildman–Crippen MR) is 83.1 cm³/mol. The van der Waals surface area contributed by atoms with E-state index in [-0.39, 0.29) is 0 Å². The first kappa shape index (κ1) is 16.1. The minimum absolute atomic E-state index is 0.547. The van der Waals surface area contributed by atoms with E-state index in [9.17, 15) is 5.11 Å². The molecule has 0 aromatic heterocycles. The number of ether oxygens (including phenoxy) is 2. The van der Waals surface area contributed by atoms with E-state index >= 15 is 0 Å². The van der Waals surface area contributed by atoms with Crippen LogP contribution in [0.15, 0.2) is 18.2 Å². The minimum atomic E-state index is -0.547. The lowest BCUT2D eigenvalue weighted by atomic mass is 10.1. The molecule has 1 atom stereocenters. The van der Waals surface area contributed by atoms with Crippen molar-refractivity contribution in [2.24, 2.45) is 0 Å². The van der Waals surface area contributed by atoms with Gasteiger partial charge in [0.05, 0.1) is 20.3 Å². The van der Waals surface area contributed by atoms with Gasteiger partial charge in [0.2, 0.25) is 0 Å². The van der Waals surface area contributed by atoms with Crippen LogP contribution < -0.4 is 9.47 Å². The van der Waals surface area contributed by atoms with Crippen LogP contribution in [0.5, 0.6) is 11.5 Å². The van der Waals surface area contributed by atoms with Crippen LogP contribution in [0, 0.1) is 0 Å². The summed E-state index contributed by atoms with van der Waals surface area (Å²) >= 11 is 0. The average molecular weight is 294 g/mol. The van der Waals surface area contributed by atoms with Crippen molar-refractivity contribution in [3.8, 4) is 11.5 Å². The highest BCUT2D eigenvalue weighted by Crippen LogP contribution is 2.30. The van der Waals surface area contributed by atoms with Crippen molar-refractivity contribution in [1.29, 1.82) is 0 Å².